The number of hydrogen-bond donors (Lipinski definition) is 0. The van der Waals surface area contributed by atoms with E-state index in [4.69, 9.17) is 0 Å². The molecule has 8 heteroatoms. The monoisotopic (exact) mass is 367 g/mol. The summed E-state index contributed by atoms with van der Waals surface area (Å²) in [6, 6.07) is 4.64. The zero-order chi connectivity index (χ0) is 18.6. The first-order valence-electron chi connectivity index (χ1n) is 9.63. The lowest BCUT2D eigenvalue weighted by Crippen LogP contribution is -2.49. The van der Waals surface area contributed by atoms with Crippen LogP contribution >= 0.6 is 0 Å². The Morgan fingerprint density at radius 2 is 1.78 bits per heavy atom. The van der Waals surface area contributed by atoms with Crippen LogP contribution in [-0.2, 0) is 0 Å². The Bertz CT molecular complexity index is 759. The number of rotatable bonds is 3. The molecule has 0 unspecified atom stereocenters. The van der Waals surface area contributed by atoms with Gasteiger partial charge in [-0.2, -0.15) is 0 Å². The van der Waals surface area contributed by atoms with Gasteiger partial charge in [0.1, 0.15) is 5.69 Å². The van der Waals surface area contributed by atoms with E-state index in [1.807, 2.05) is 11.0 Å². The molecule has 1 amide bonds. The third kappa shape index (κ3) is 3.84. The molecule has 0 aliphatic carbocycles. The molecule has 2 aromatic rings. The van der Waals surface area contributed by atoms with E-state index in [2.05, 4.69) is 43.0 Å². The van der Waals surface area contributed by atoms with Gasteiger partial charge in [-0.3, -0.25) is 9.78 Å². The van der Waals surface area contributed by atoms with Crippen LogP contribution in [0.5, 0.6) is 0 Å². The maximum Gasteiger partial charge on any atom is 0.274 e. The minimum absolute atomic E-state index is 0.0664. The minimum atomic E-state index is -0.0664. The van der Waals surface area contributed by atoms with Gasteiger partial charge in [-0.05, 0) is 38.3 Å². The van der Waals surface area contributed by atoms with Crippen molar-refractivity contribution in [1.29, 1.82) is 0 Å². The average Bonchev–Trinajstić information content (AvgIpc) is 2.74. The van der Waals surface area contributed by atoms with E-state index in [0.29, 0.717) is 24.8 Å². The number of piperidine rings is 1. The third-order valence-corrected chi connectivity index (χ3v) is 5.41. The van der Waals surface area contributed by atoms with Gasteiger partial charge in [0.2, 0.25) is 0 Å². The smallest absolute Gasteiger partial charge is 0.274 e. The van der Waals surface area contributed by atoms with Crippen LogP contribution in [-0.4, -0.2) is 69.7 Å². The summed E-state index contributed by atoms with van der Waals surface area (Å²) in [6.07, 6.45) is 8.35. The Labute approximate surface area is 159 Å². The van der Waals surface area contributed by atoms with Crippen molar-refractivity contribution < 1.29 is 4.79 Å². The molecule has 2 fully saturated rings. The highest BCUT2D eigenvalue weighted by Gasteiger charge is 2.25. The van der Waals surface area contributed by atoms with Gasteiger partial charge in [0, 0.05) is 51.2 Å². The van der Waals surface area contributed by atoms with Crippen molar-refractivity contribution in [3.63, 3.8) is 0 Å². The molecule has 4 heterocycles. The Balaban J connectivity index is 1.36. The van der Waals surface area contributed by atoms with Crippen molar-refractivity contribution in [3.05, 3.63) is 36.4 Å². The molecule has 27 heavy (non-hydrogen) atoms. The highest BCUT2D eigenvalue weighted by atomic mass is 16.2. The summed E-state index contributed by atoms with van der Waals surface area (Å²) in [6.45, 7) is 6.06. The zero-order valence-corrected chi connectivity index (χ0v) is 15.7. The van der Waals surface area contributed by atoms with Gasteiger partial charge in [-0.15, -0.1) is 10.2 Å². The van der Waals surface area contributed by atoms with Crippen LogP contribution in [0.15, 0.2) is 30.7 Å². The zero-order valence-electron chi connectivity index (χ0n) is 15.7. The summed E-state index contributed by atoms with van der Waals surface area (Å²) in [5.74, 6) is 1.76. The number of amides is 1. The maximum atomic E-state index is 12.5. The number of hydrogen-bond acceptors (Lipinski definition) is 7. The molecule has 0 spiro atoms. The lowest BCUT2D eigenvalue weighted by molar-refractivity contribution is 0.0740. The van der Waals surface area contributed by atoms with Gasteiger partial charge in [0.25, 0.3) is 5.91 Å². The summed E-state index contributed by atoms with van der Waals surface area (Å²) in [4.78, 5) is 26.9. The molecule has 0 aromatic carbocycles. The molecule has 0 saturated carbocycles. The van der Waals surface area contributed by atoms with Gasteiger partial charge >= 0.3 is 0 Å². The number of anilines is 2. The number of nitrogens with zero attached hydrogens (tertiary/aromatic N) is 7. The summed E-state index contributed by atoms with van der Waals surface area (Å²) >= 11 is 0. The summed E-state index contributed by atoms with van der Waals surface area (Å²) < 4.78 is 0. The first kappa shape index (κ1) is 17.6. The van der Waals surface area contributed by atoms with Crippen LogP contribution in [0.25, 0.3) is 0 Å². The van der Waals surface area contributed by atoms with Crippen molar-refractivity contribution in [2.75, 3.05) is 42.5 Å². The van der Waals surface area contributed by atoms with E-state index in [9.17, 15) is 4.79 Å². The van der Waals surface area contributed by atoms with Crippen LogP contribution in [0.3, 0.4) is 0 Å². The van der Waals surface area contributed by atoms with Crippen molar-refractivity contribution in [3.8, 4) is 0 Å². The van der Waals surface area contributed by atoms with E-state index in [-0.39, 0.29) is 5.91 Å². The quantitative estimate of drug-likeness (QED) is 0.815. The molecule has 2 saturated heterocycles. The third-order valence-electron chi connectivity index (χ3n) is 5.41. The van der Waals surface area contributed by atoms with Crippen molar-refractivity contribution >= 4 is 17.5 Å². The standard InChI is InChI=1S/C19H25N7O/c1-15-4-2-3-9-26(15)18-6-5-17(22-23-18)24-10-12-25(13-11-24)19(27)16-14-20-7-8-21-16/h5-8,14-15H,2-4,9-13H2,1H3/t15-/m0/s1. The molecular formula is C19H25N7O. The van der Waals surface area contributed by atoms with Crippen molar-refractivity contribution in [2.24, 2.45) is 0 Å². The van der Waals surface area contributed by atoms with E-state index in [0.717, 1.165) is 31.3 Å². The van der Waals surface area contributed by atoms with Gasteiger partial charge in [0.05, 0.1) is 6.20 Å². The molecule has 0 radical (unpaired) electrons. The Morgan fingerprint density at radius 3 is 2.44 bits per heavy atom. The summed E-state index contributed by atoms with van der Waals surface area (Å²) in [5.41, 5.74) is 0.394. The molecule has 0 bridgehead atoms. The second kappa shape index (κ2) is 7.85. The molecular weight excluding hydrogens is 342 g/mol. The molecule has 2 aliphatic heterocycles. The van der Waals surface area contributed by atoms with Crippen molar-refractivity contribution in [1.82, 2.24) is 25.1 Å². The predicted octanol–water partition coefficient (Wildman–Crippen LogP) is 1.61. The van der Waals surface area contributed by atoms with E-state index >= 15 is 0 Å². The van der Waals surface area contributed by atoms with Crippen LogP contribution in [0, 0.1) is 0 Å². The van der Waals surface area contributed by atoms with Gasteiger partial charge in [-0.1, -0.05) is 0 Å². The van der Waals surface area contributed by atoms with Crippen LogP contribution in [0.2, 0.25) is 0 Å². The summed E-state index contributed by atoms with van der Waals surface area (Å²) in [7, 11) is 0. The molecule has 8 nitrogen and oxygen atoms in total. The van der Waals surface area contributed by atoms with Gasteiger partial charge < -0.3 is 14.7 Å². The molecule has 142 valence electrons. The molecule has 1 atom stereocenters. The van der Waals surface area contributed by atoms with E-state index < -0.39 is 0 Å². The van der Waals surface area contributed by atoms with Gasteiger partial charge in [0.15, 0.2) is 11.6 Å². The lowest BCUT2D eigenvalue weighted by Gasteiger charge is -2.36. The SMILES string of the molecule is C[C@H]1CCCCN1c1ccc(N2CCN(C(=O)c3cnccn3)CC2)nn1. The summed E-state index contributed by atoms with van der Waals surface area (Å²) in [5, 5.41) is 8.91. The number of piperazine rings is 1. The molecule has 2 aliphatic rings. The number of carbonyl (C=O) groups excluding carboxylic acids is 1. The van der Waals surface area contributed by atoms with E-state index in [1.165, 1.54) is 25.5 Å². The van der Waals surface area contributed by atoms with Crippen LogP contribution in [0.1, 0.15) is 36.7 Å². The number of carbonyl (C=O) groups is 1. The first-order valence-corrected chi connectivity index (χ1v) is 9.63. The second-order valence-electron chi connectivity index (χ2n) is 7.16. The van der Waals surface area contributed by atoms with E-state index in [1.54, 1.807) is 12.4 Å². The highest BCUT2D eigenvalue weighted by molar-refractivity contribution is 5.92. The van der Waals surface area contributed by atoms with Crippen LogP contribution in [0.4, 0.5) is 11.6 Å². The largest absolute Gasteiger partial charge is 0.352 e. The fraction of sp³-hybridized carbons (Fsp3) is 0.526. The Hall–Kier alpha value is -2.77. The molecule has 4 rings (SSSR count). The predicted molar refractivity (Wildman–Crippen MR) is 103 cm³/mol. The fourth-order valence-corrected chi connectivity index (χ4v) is 3.79. The first-order chi connectivity index (χ1) is 13.2. The van der Waals surface area contributed by atoms with Crippen LogP contribution < -0.4 is 9.80 Å². The average molecular weight is 367 g/mol. The maximum absolute atomic E-state index is 12.5. The second-order valence-corrected chi connectivity index (χ2v) is 7.16. The Morgan fingerprint density at radius 1 is 1.00 bits per heavy atom. The normalized spacial score (nSPS) is 20.6. The van der Waals surface area contributed by atoms with Gasteiger partial charge in [-0.25, -0.2) is 4.98 Å². The molecule has 2 aromatic heterocycles. The molecule has 0 N–H and O–H groups in total. The Kier molecular flexibility index (Phi) is 5.13. The number of aromatic nitrogens is 4. The minimum Gasteiger partial charge on any atom is -0.352 e. The highest BCUT2D eigenvalue weighted by Crippen LogP contribution is 2.23. The van der Waals surface area contributed by atoms with Crippen molar-refractivity contribution in [2.45, 2.75) is 32.2 Å². The lowest BCUT2D eigenvalue weighted by atomic mass is 10.0. The fourth-order valence-electron chi connectivity index (χ4n) is 3.79. The topological polar surface area (TPSA) is 78.4 Å².